The summed E-state index contributed by atoms with van der Waals surface area (Å²) in [5, 5.41) is 12.2. The second kappa shape index (κ2) is 6.99. The molecule has 2 aliphatic heterocycles. The second-order valence-corrected chi connectivity index (χ2v) is 9.82. The lowest BCUT2D eigenvalue weighted by molar-refractivity contribution is -0.135. The van der Waals surface area contributed by atoms with Crippen LogP contribution in [0, 0.1) is 17.4 Å². The van der Waals surface area contributed by atoms with Crippen molar-refractivity contribution < 1.29 is 13.2 Å². The van der Waals surface area contributed by atoms with Crippen LogP contribution in [-0.4, -0.2) is 53.4 Å². The van der Waals surface area contributed by atoms with Gasteiger partial charge in [0.25, 0.3) is 0 Å². The lowest BCUT2D eigenvalue weighted by Crippen LogP contribution is -2.51. The van der Waals surface area contributed by atoms with Gasteiger partial charge in [0.15, 0.2) is 6.19 Å². The van der Waals surface area contributed by atoms with Gasteiger partial charge in [0.05, 0.1) is 27.2 Å². The molecule has 0 spiro atoms. The van der Waals surface area contributed by atoms with Gasteiger partial charge in [-0.1, -0.05) is 0 Å². The molecule has 8 nitrogen and oxygen atoms in total. The van der Waals surface area contributed by atoms with E-state index in [9.17, 15) is 18.5 Å². The highest BCUT2D eigenvalue weighted by Gasteiger charge is 2.45. The molecule has 1 aromatic rings. The Kier molecular flexibility index (Phi) is 5.11. The van der Waals surface area contributed by atoms with Crippen LogP contribution in [0.1, 0.15) is 37.0 Å². The number of carbonyl (C=O) groups excluding carboxylic acids is 1. The zero-order valence-electron chi connectivity index (χ0n) is 14.2. The summed E-state index contributed by atoms with van der Waals surface area (Å²) in [5.74, 6) is -0.635. The Balaban J connectivity index is 2.03. The third-order valence-electron chi connectivity index (χ3n) is 4.67. The largest absolute Gasteiger partial charge is 0.316 e. The molecule has 2 aliphatic rings. The summed E-state index contributed by atoms with van der Waals surface area (Å²) in [5.41, 5.74) is 2.41. The summed E-state index contributed by atoms with van der Waals surface area (Å²) >= 11 is 1.29. The molecule has 3 heterocycles. The SMILES string of the molecule is CC(C)S(=O)(=O)N1CCc2ncsc2[C@H]1N(C#N)C(=O)C1CCNC1. The summed E-state index contributed by atoms with van der Waals surface area (Å²) < 4.78 is 27.0. The fourth-order valence-electron chi connectivity index (χ4n) is 3.22. The van der Waals surface area contributed by atoms with Gasteiger partial charge < -0.3 is 5.32 Å². The number of nitrogens with zero attached hydrogens (tertiary/aromatic N) is 4. The van der Waals surface area contributed by atoms with Crippen LogP contribution in [0.5, 0.6) is 0 Å². The molecular formula is C15H21N5O3S2. The van der Waals surface area contributed by atoms with E-state index in [1.165, 1.54) is 15.6 Å². The highest BCUT2D eigenvalue weighted by molar-refractivity contribution is 7.89. The molecule has 1 fully saturated rings. The molecule has 0 bridgehead atoms. The van der Waals surface area contributed by atoms with Crippen molar-refractivity contribution in [3.05, 3.63) is 16.1 Å². The molecule has 25 heavy (non-hydrogen) atoms. The van der Waals surface area contributed by atoms with Crippen molar-refractivity contribution in [1.29, 1.82) is 5.26 Å². The van der Waals surface area contributed by atoms with Crippen LogP contribution < -0.4 is 5.32 Å². The zero-order chi connectivity index (χ0) is 18.2. The lowest BCUT2D eigenvalue weighted by atomic mass is 10.1. The molecule has 1 unspecified atom stereocenters. The summed E-state index contributed by atoms with van der Waals surface area (Å²) in [4.78, 5) is 18.9. The number of nitriles is 1. The number of thiazole rings is 1. The average molecular weight is 383 g/mol. The Morgan fingerprint density at radius 1 is 1.56 bits per heavy atom. The Hall–Kier alpha value is -1.54. The van der Waals surface area contributed by atoms with Gasteiger partial charge in [0.1, 0.15) is 6.17 Å². The Morgan fingerprint density at radius 2 is 2.32 bits per heavy atom. The predicted molar refractivity (Wildman–Crippen MR) is 92.8 cm³/mol. The van der Waals surface area contributed by atoms with E-state index in [-0.39, 0.29) is 18.4 Å². The first-order valence-electron chi connectivity index (χ1n) is 8.24. The van der Waals surface area contributed by atoms with Gasteiger partial charge in [-0.05, 0) is 26.8 Å². The van der Waals surface area contributed by atoms with Gasteiger partial charge in [-0.15, -0.1) is 11.3 Å². The van der Waals surface area contributed by atoms with Crippen molar-refractivity contribution in [2.24, 2.45) is 5.92 Å². The molecule has 2 atom stereocenters. The molecule has 0 radical (unpaired) electrons. The van der Waals surface area contributed by atoms with Gasteiger partial charge >= 0.3 is 0 Å². The van der Waals surface area contributed by atoms with E-state index < -0.39 is 21.4 Å². The van der Waals surface area contributed by atoms with Crippen LogP contribution in [0.3, 0.4) is 0 Å². The monoisotopic (exact) mass is 383 g/mol. The van der Waals surface area contributed by atoms with Gasteiger partial charge in [-0.25, -0.2) is 18.3 Å². The van der Waals surface area contributed by atoms with Crippen molar-refractivity contribution in [2.75, 3.05) is 19.6 Å². The summed E-state index contributed by atoms with van der Waals surface area (Å²) in [6.45, 7) is 4.66. The minimum atomic E-state index is -3.63. The number of nitrogens with one attached hydrogen (secondary N) is 1. The van der Waals surface area contributed by atoms with E-state index in [0.717, 1.165) is 17.1 Å². The molecule has 1 saturated heterocycles. The highest BCUT2D eigenvalue weighted by Crippen LogP contribution is 2.38. The minimum Gasteiger partial charge on any atom is -0.316 e. The number of sulfonamides is 1. The van der Waals surface area contributed by atoms with E-state index in [1.807, 2.05) is 6.19 Å². The Morgan fingerprint density at radius 3 is 2.92 bits per heavy atom. The van der Waals surface area contributed by atoms with Crippen LogP contribution in [0.25, 0.3) is 0 Å². The third-order valence-corrected chi connectivity index (χ3v) is 7.81. The summed E-state index contributed by atoms with van der Waals surface area (Å²) in [7, 11) is -3.63. The molecule has 0 aliphatic carbocycles. The predicted octanol–water partition coefficient (Wildman–Crippen LogP) is 0.657. The maximum atomic E-state index is 12.9. The normalized spacial score (nSPS) is 24.1. The quantitative estimate of drug-likeness (QED) is 0.605. The number of carbonyl (C=O) groups is 1. The van der Waals surface area contributed by atoms with Crippen molar-refractivity contribution in [2.45, 2.75) is 38.1 Å². The van der Waals surface area contributed by atoms with E-state index in [0.29, 0.717) is 24.3 Å². The number of rotatable bonds is 4. The molecule has 1 N–H and O–H groups in total. The Labute approximate surface area is 151 Å². The third kappa shape index (κ3) is 3.17. The standard InChI is InChI=1S/C15H21N5O3S2/c1-10(2)25(22,23)20-6-4-12-13(24-9-18-12)14(20)19(8-16)15(21)11-3-5-17-7-11/h9-11,14,17H,3-7H2,1-2H3/t11?,14-/m0/s1. The Bertz CT molecular complexity index is 792. The first-order chi connectivity index (χ1) is 11.9. The van der Waals surface area contributed by atoms with Crippen LogP contribution >= 0.6 is 11.3 Å². The van der Waals surface area contributed by atoms with Crippen LogP contribution in [0.4, 0.5) is 0 Å². The first-order valence-corrected chi connectivity index (χ1v) is 10.6. The number of fused-ring (bicyclic) bond motifs is 1. The van der Waals surface area contributed by atoms with Crippen molar-refractivity contribution in [3.8, 4) is 6.19 Å². The van der Waals surface area contributed by atoms with E-state index in [1.54, 1.807) is 19.4 Å². The van der Waals surface area contributed by atoms with Crippen LogP contribution in [-0.2, 0) is 21.2 Å². The maximum absolute atomic E-state index is 12.9. The smallest absolute Gasteiger partial charge is 0.241 e. The minimum absolute atomic E-state index is 0.219. The van der Waals surface area contributed by atoms with E-state index in [2.05, 4.69) is 10.3 Å². The maximum Gasteiger partial charge on any atom is 0.241 e. The van der Waals surface area contributed by atoms with E-state index >= 15 is 0 Å². The number of hydrogen-bond acceptors (Lipinski definition) is 7. The topological polar surface area (TPSA) is 106 Å². The van der Waals surface area contributed by atoms with Crippen LogP contribution in [0.2, 0.25) is 0 Å². The lowest BCUT2D eigenvalue weighted by Gasteiger charge is -2.38. The van der Waals surface area contributed by atoms with Gasteiger partial charge in [0, 0.05) is 19.5 Å². The molecule has 0 saturated carbocycles. The van der Waals surface area contributed by atoms with Gasteiger partial charge in [-0.2, -0.15) is 9.57 Å². The van der Waals surface area contributed by atoms with Crippen molar-refractivity contribution in [3.63, 3.8) is 0 Å². The number of aromatic nitrogens is 1. The fourth-order valence-corrected chi connectivity index (χ4v) is 5.59. The molecule has 3 rings (SSSR count). The van der Waals surface area contributed by atoms with Crippen LogP contribution in [0.15, 0.2) is 5.51 Å². The van der Waals surface area contributed by atoms with Crippen molar-refractivity contribution >= 4 is 27.3 Å². The molecule has 1 aromatic heterocycles. The van der Waals surface area contributed by atoms with Gasteiger partial charge in [-0.3, -0.25) is 4.79 Å². The zero-order valence-corrected chi connectivity index (χ0v) is 15.8. The average Bonchev–Trinajstić information content (AvgIpc) is 3.26. The molecule has 10 heteroatoms. The fraction of sp³-hybridized carbons (Fsp3) is 0.667. The molecule has 136 valence electrons. The summed E-state index contributed by atoms with van der Waals surface area (Å²) in [6.07, 6.45) is 2.15. The highest BCUT2D eigenvalue weighted by atomic mass is 32.2. The van der Waals surface area contributed by atoms with Gasteiger partial charge in [0.2, 0.25) is 15.9 Å². The number of hydrogen-bond donors (Lipinski definition) is 1. The number of amides is 1. The molecule has 1 amide bonds. The second-order valence-electron chi connectivity index (χ2n) is 6.49. The molecular weight excluding hydrogens is 362 g/mol. The molecule has 0 aromatic carbocycles. The first kappa shape index (κ1) is 18.3. The summed E-state index contributed by atoms with van der Waals surface area (Å²) in [6, 6.07) is 0. The van der Waals surface area contributed by atoms with Crippen molar-refractivity contribution in [1.82, 2.24) is 19.5 Å². The van der Waals surface area contributed by atoms with E-state index in [4.69, 9.17) is 0 Å².